The lowest BCUT2D eigenvalue weighted by Crippen LogP contribution is -2.52. The van der Waals surface area contributed by atoms with E-state index < -0.39 is 5.60 Å². The van der Waals surface area contributed by atoms with Gasteiger partial charge in [0.25, 0.3) is 0 Å². The van der Waals surface area contributed by atoms with Crippen LogP contribution in [0, 0.1) is 5.92 Å². The van der Waals surface area contributed by atoms with Crippen LogP contribution in [0.3, 0.4) is 0 Å². The molecule has 0 atom stereocenters. The van der Waals surface area contributed by atoms with Gasteiger partial charge in [-0.25, -0.2) is 4.79 Å². The number of nitrogens with zero attached hydrogens (tertiary/aromatic N) is 7. The minimum atomic E-state index is -0.510. The SMILES string of the molecule is CC(C)(C)OC(=O)N1CCC(C(=O)N2CCN(c3nnnn3-c3ccccc3)CC2)CC1. The van der Waals surface area contributed by atoms with E-state index in [1.807, 2.05) is 56.0 Å². The van der Waals surface area contributed by atoms with Crippen molar-refractivity contribution in [1.29, 1.82) is 0 Å². The molecule has 1 aromatic heterocycles. The summed E-state index contributed by atoms with van der Waals surface area (Å²) in [6.07, 6.45) is 1.04. The third kappa shape index (κ3) is 5.00. The van der Waals surface area contributed by atoms with Crippen molar-refractivity contribution in [3.05, 3.63) is 30.3 Å². The van der Waals surface area contributed by atoms with Crippen molar-refractivity contribution >= 4 is 17.9 Å². The maximum absolute atomic E-state index is 13.1. The molecule has 0 aliphatic carbocycles. The lowest BCUT2D eigenvalue weighted by molar-refractivity contribution is -0.137. The van der Waals surface area contributed by atoms with Gasteiger partial charge in [-0.3, -0.25) is 4.79 Å². The molecule has 2 aromatic rings. The van der Waals surface area contributed by atoms with Gasteiger partial charge >= 0.3 is 6.09 Å². The summed E-state index contributed by atoms with van der Waals surface area (Å²) in [5.74, 6) is 0.819. The molecule has 32 heavy (non-hydrogen) atoms. The number of carbonyl (C=O) groups is 2. The average Bonchev–Trinajstić information content (AvgIpc) is 3.28. The van der Waals surface area contributed by atoms with E-state index in [-0.39, 0.29) is 17.9 Å². The highest BCUT2D eigenvalue weighted by Crippen LogP contribution is 2.23. The Balaban J connectivity index is 1.29. The number of carbonyl (C=O) groups excluding carboxylic acids is 2. The van der Waals surface area contributed by atoms with E-state index in [9.17, 15) is 9.59 Å². The van der Waals surface area contributed by atoms with E-state index in [0.717, 1.165) is 5.69 Å². The summed E-state index contributed by atoms with van der Waals surface area (Å²) < 4.78 is 7.17. The number of hydrogen-bond acceptors (Lipinski definition) is 7. The molecule has 2 aliphatic heterocycles. The summed E-state index contributed by atoms with van der Waals surface area (Å²) in [7, 11) is 0. The van der Waals surface area contributed by atoms with Crippen LogP contribution in [0.5, 0.6) is 0 Å². The molecule has 2 aliphatic rings. The molecule has 2 amide bonds. The first kappa shape index (κ1) is 22.0. The highest BCUT2D eigenvalue weighted by atomic mass is 16.6. The van der Waals surface area contributed by atoms with Gasteiger partial charge in [0.15, 0.2) is 0 Å². The summed E-state index contributed by atoms with van der Waals surface area (Å²) >= 11 is 0. The Morgan fingerprint density at radius 2 is 1.59 bits per heavy atom. The Kier molecular flexibility index (Phi) is 6.29. The molecule has 0 bridgehead atoms. The molecular formula is C22H31N7O3. The highest BCUT2D eigenvalue weighted by Gasteiger charge is 2.33. The first-order valence-electron chi connectivity index (χ1n) is 11.2. The van der Waals surface area contributed by atoms with Gasteiger partial charge in [-0.1, -0.05) is 23.3 Å². The Bertz CT molecular complexity index is 925. The predicted octanol–water partition coefficient (Wildman–Crippen LogP) is 1.96. The summed E-state index contributed by atoms with van der Waals surface area (Å²) in [5.41, 5.74) is 0.395. The number of ether oxygens (including phenoxy) is 1. The van der Waals surface area contributed by atoms with E-state index in [4.69, 9.17) is 4.74 Å². The topological polar surface area (TPSA) is 96.7 Å². The van der Waals surface area contributed by atoms with Gasteiger partial charge in [0.2, 0.25) is 11.9 Å². The number of para-hydroxylation sites is 1. The lowest BCUT2D eigenvalue weighted by atomic mass is 9.95. The molecule has 4 rings (SSSR count). The molecule has 3 heterocycles. The van der Waals surface area contributed by atoms with E-state index in [1.165, 1.54) is 0 Å². The third-order valence-corrected chi connectivity index (χ3v) is 5.82. The quantitative estimate of drug-likeness (QED) is 0.718. The molecule has 0 radical (unpaired) electrons. The highest BCUT2D eigenvalue weighted by molar-refractivity contribution is 5.79. The zero-order valence-corrected chi connectivity index (χ0v) is 19.0. The first-order chi connectivity index (χ1) is 15.3. The minimum absolute atomic E-state index is 0.0464. The third-order valence-electron chi connectivity index (χ3n) is 5.82. The zero-order valence-electron chi connectivity index (χ0n) is 19.0. The van der Waals surface area contributed by atoms with Gasteiger partial charge in [0.1, 0.15) is 5.60 Å². The molecule has 10 nitrogen and oxygen atoms in total. The smallest absolute Gasteiger partial charge is 0.410 e. The van der Waals surface area contributed by atoms with Gasteiger partial charge in [-0.05, 0) is 56.2 Å². The van der Waals surface area contributed by atoms with Crippen LogP contribution in [0.15, 0.2) is 30.3 Å². The van der Waals surface area contributed by atoms with Crippen molar-refractivity contribution in [3.8, 4) is 5.69 Å². The molecule has 0 saturated carbocycles. The van der Waals surface area contributed by atoms with E-state index in [2.05, 4.69) is 20.4 Å². The number of anilines is 1. The average molecular weight is 442 g/mol. The number of amides is 2. The van der Waals surface area contributed by atoms with Gasteiger partial charge < -0.3 is 19.4 Å². The number of likely N-dealkylation sites (tertiary alicyclic amines) is 1. The van der Waals surface area contributed by atoms with Crippen molar-refractivity contribution in [1.82, 2.24) is 30.0 Å². The van der Waals surface area contributed by atoms with E-state index in [1.54, 1.807) is 9.58 Å². The van der Waals surface area contributed by atoms with Crippen LogP contribution >= 0.6 is 0 Å². The van der Waals surface area contributed by atoms with Crippen molar-refractivity contribution in [2.45, 2.75) is 39.2 Å². The lowest BCUT2D eigenvalue weighted by Gasteiger charge is -2.38. The number of hydrogen-bond donors (Lipinski definition) is 0. The standard InChI is InChI=1S/C22H31N7O3/c1-22(2,3)32-21(31)28-11-9-17(10-12-28)19(30)26-13-15-27(16-14-26)20-23-24-25-29(20)18-7-5-4-6-8-18/h4-8,17H,9-16H2,1-3H3. The summed E-state index contributed by atoms with van der Waals surface area (Å²) in [4.78, 5) is 31.1. The molecule has 0 N–H and O–H groups in total. The maximum atomic E-state index is 13.1. The minimum Gasteiger partial charge on any atom is -0.444 e. The monoisotopic (exact) mass is 441 g/mol. The van der Waals surface area contributed by atoms with Crippen LogP contribution in [-0.4, -0.2) is 86.9 Å². The second-order valence-electron chi connectivity index (χ2n) is 9.28. The largest absolute Gasteiger partial charge is 0.444 e. The van der Waals surface area contributed by atoms with Gasteiger partial charge in [-0.2, -0.15) is 4.68 Å². The van der Waals surface area contributed by atoms with Crippen LogP contribution < -0.4 is 4.90 Å². The fraction of sp³-hybridized carbons (Fsp3) is 0.591. The normalized spacial score (nSPS) is 18.0. The number of rotatable bonds is 3. The van der Waals surface area contributed by atoms with Crippen molar-refractivity contribution < 1.29 is 14.3 Å². The van der Waals surface area contributed by atoms with Crippen LogP contribution in [0.2, 0.25) is 0 Å². The molecule has 10 heteroatoms. The molecule has 172 valence electrons. The molecular weight excluding hydrogens is 410 g/mol. The Labute approximate surface area is 188 Å². The van der Waals surface area contributed by atoms with Crippen LogP contribution in [0.4, 0.5) is 10.7 Å². The number of benzene rings is 1. The summed E-state index contributed by atoms with van der Waals surface area (Å²) in [6, 6.07) is 9.78. The number of aromatic nitrogens is 4. The van der Waals surface area contributed by atoms with Crippen molar-refractivity contribution in [2.75, 3.05) is 44.2 Å². The Morgan fingerprint density at radius 3 is 2.22 bits per heavy atom. The first-order valence-corrected chi connectivity index (χ1v) is 11.2. The van der Waals surface area contributed by atoms with E-state index in [0.29, 0.717) is 58.1 Å². The Hall–Kier alpha value is -3.17. The predicted molar refractivity (Wildman–Crippen MR) is 118 cm³/mol. The summed E-state index contributed by atoms with van der Waals surface area (Å²) in [6.45, 7) is 9.30. The summed E-state index contributed by atoms with van der Waals surface area (Å²) in [5, 5.41) is 12.2. The van der Waals surface area contributed by atoms with Crippen LogP contribution in [-0.2, 0) is 9.53 Å². The van der Waals surface area contributed by atoms with Crippen molar-refractivity contribution in [2.24, 2.45) is 5.92 Å². The van der Waals surface area contributed by atoms with Crippen LogP contribution in [0.1, 0.15) is 33.6 Å². The molecule has 0 spiro atoms. The zero-order chi connectivity index (χ0) is 22.7. The molecule has 1 aromatic carbocycles. The number of piperazine rings is 1. The van der Waals surface area contributed by atoms with E-state index >= 15 is 0 Å². The second kappa shape index (κ2) is 9.13. The van der Waals surface area contributed by atoms with Crippen LogP contribution in [0.25, 0.3) is 5.69 Å². The molecule has 2 saturated heterocycles. The number of tetrazole rings is 1. The second-order valence-corrected chi connectivity index (χ2v) is 9.28. The fourth-order valence-electron chi connectivity index (χ4n) is 4.14. The van der Waals surface area contributed by atoms with Crippen molar-refractivity contribution in [3.63, 3.8) is 0 Å². The maximum Gasteiger partial charge on any atom is 0.410 e. The Morgan fingerprint density at radius 1 is 0.938 bits per heavy atom. The number of piperidine rings is 1. The molecule has 2 fully saturated rings. The van der Waals surface area contributed by atoms with Gasteiger partial charge in [0.05, 0.1) is 5.69 Å². The van der Waals surface area contributed by atoms with Gasteiger partial charge in [-0.15, -0.1) is 0 Å². The molecule has 0 unspecified atom stereocenters. The van der Waals surface area contributed by atoms with Gasteiger partial charge in [0, 0.05) is 45.2 Å². The fourth-order valence-corrected chi connectivity index (χ4v) is 4.14.